The number of fused-ring (bicyclic) bond motifs is 1. The topological polar surface area (TPSA) is 48.1 Å². The normalized spacial score (nSPS) is 11.1. The second-order valence-electron chi connectivity index (χ2n) is 4.26. The molecule has 0 radical (unpaired) electrons. The van der Waals surface area contributed by atoms with Crippen molar-refractivity contribution < 1.29 is 4.74 Å². The Labute approximate surface area is 106 Å². The second kappa shape index (κ2) is 4.41. The van der Waals surface area contributed by atoms with Crippen LogP contribution in [0.4, 0.5) is 5.82 Å². The molecule has 1 aromatic heterocycles. The molecule has 0 atom stereocenters. The Morgan fingerprint density at radius 1 is 1.35 bits per heavy atom. The highest BCUT2D eigenvalue weighted by molar-refractivity contribution is 6.35. The summed E-state index contributed by atoms with van der Waals surface area (Å²) in [5.74, 6) is 1.54. The molecule has 0 aliphatic carbocycles. The molecule has 2 rings (SSSR count). The van der Waals surface area contributed by atoms with Crippen LogP contribution in [-0.4, -0.2) is 12.1 Å². The number of methoxy groups -OCH3 is 1. The molecule has 0 fully saturated rings. The highest BCUT2D eigenvalue weighted by Crippen LogP contribution is 2.34. The fraction of sp³-hybridized carbons (Fsp3) is 0.308. The van der Waals surface area contributed by atoms with Gasteiger partial charge in [-0.05, 0) is 29.7 Å². The minimum Gasteiger partial charge on any atom is -0.494 e. The van der Waals surface area contributed by atoms with E-state index in [-0.39, 0.29) is 0 Å². The highest BCUT2D eigenvalue weighted by Gasteiger charge is 2.12. The standard InChI is InChI=1S/C13H15ClN2O/c1-7(2)8-6-9-10(14)4-5-11(17-3)12(9)16-13(8)15/h4-7H,1-3H3,(H2,15,16). The van der Waals surface area contributed by atoms with Crippen molar-refractivity contribution in [1.82, 2.24) is 4.98 Å². The van der Waals surface area contributed by atoms with E-state index in [2.05, 4.69) is 18.8 Å². The fourth-order valence-corrected chi connectivity index (χ4v) is 2.06. The molecule has 1 aromatic carbocycles. The van der Waals surface area contributed by atoms with Crippen LogP contribution < -0.4 is 10.5 Å². The van der Waals surface area contributed by atoms with Gasteiger partial charge in [0.1, 0.15) is 17.1 Å². The molecule has 2 N–H and O–H groups in total. The number of halogens is 1. The predicted molar refractivity (Wildman–Crippen MR) is 71.8 cm³/mol. The van der Waals surface area contributed by atoms with Crippen LogP contribution >= 0.6 is 11.6 Å². The van der Waals surface area contributed by atoms with Crippen LogP contribution in [-0.2, 0) is 0 Å². The third-order valence-corrected chi connectivity index (χ3v) is 3.13. The summed E-state index contributed by atoms with van der Waals surface area (Å²) in [4.78, 5) is 4.40. The number of rotatable bonds is 2. The molecule has 4 heteroatoms. The minimum atomic E-state index is 0.314. The lowest BCUT2D eigenvalue weighted by Crippen LogP contribution is -2.01. The van der Waals surface area contributed by atoms with Crippen molar-refractivity contribution in [3.63, 3.8) is 0 Å². The van der Waals surface area contributed by atoms with Gasteiger partial charge in [0, 0.05) is 5.39 Å². The fourth-order valence-electron chi connectivity index (χ4n) is 1.86. The zero-order chi connectivity index (χ0) is 12.6. The molecule has 0 amide bonds. The lowest BCUT2D eigenvalue weighted by molar-refractivity contribution is 0.419. The van der Waals surface area contributed by atoms with E-state index in [0.717, 1.165) is 10.9 Å². The summed E-state index contributed by atoms with van der Waals surface area (Å²) in [6.45, 7) is 4.15. The van der Waals surface area contributed by atoms with Crippen LogP contribution in [0.25, 0.3) is 10.9 Å². The van der Waals surface area contributed by atoms with Gasteiger partial charge in [0.15, 0.2) is 0 Å². The van der Waals surface area contributed by atoms with Crippen molar-refractivity contribution >= 4 is 28.3 Å². The molecule has 3 nitrogen and oxygen atoms in total. The number of anilines is 1. The van der Waals surface area contributed by atoms with Gasteiger partial charge in [-0.1, -0.05) is 25.4 Å². The summed E-state index contributed by atoms with van der Waals surface area (Å²) in [5.41, 5.74) is 7.67. The summed E-state index contributed by atoms with van der Waals surface area (Å²) >= 11 is 6.18. The number of benzene rings is 1. The van der Waals surface area contributed by atoms with E-state index >= 15 is 0 Å². The first-order valence-electron chi connectivity index (χ1n) is 5.47. The molecule has 0 aliphatic heterocycles. The third kappa shape index (κ3) is 2.03. The Hall–Kier alpha value is -1.48. The largest absolute Gasteiger partial charge is 0.494 e. The van der Waals surface area contributed by atoms with Gasteiger partial charge in [-0.25, -0.2) is 4.98 Å². The first-order valence-corrected chi connectivity index (χ1v) is 5.85. The Morgan fingerprint density at radius 2 is 2.06 bits per heavy atom. The van der Waals surface area contributed by atoms with Gasteiger partial charge >= 0.3 is 0 Å². The van der Waals surface area contributed by atoms with Crippen molar-refractivity contribution in [3.8, 4) is 5.75 Å². The van der Waals surface area contributed by atoms with Crippen LogP contribution in [0.5, 0.6) is 5.75 Å². The van der Waals surface area contributed by atoms with E-state index in [1.807, 2.05) is 12.1 Å². The molecule has 90 valence electrons. The van der Waals surface area contributed by atoms with Crippen molar-refractivity contribution in [2.24, 2.45) is 0 Å². The molecule has 1 heterocycles. The van der Waals surface area contributed by atoms with Crippen LogP contribution in [0, 0.1) is 0 Å². The number of nitrogen functional groups attached to an aromatic ring is 1. The van der Waals surface area contributed by atoms with Crippen LogP contribution in [0.3, 0.4) is 0 Å². The second-order valence-corrected chi connectivity index (χ2v) is 4.67. The molecule has 0 aliphatic rings. The number of nitrogens with two attached hydrogens (primary N) is 1. The molecule has 0 spiro atoms. The van der Waals surface area contributed by atoms with Crippen LogP contribution in [0.2, 0.25) is 5.02 Å². The predicted octanol–water partition coefficient (Wildman–Crippen LogP) is 3.60. The summed E-state index contributed by atoms with van der Waals surface area (Å²) in [6, 6.07) is 5.60. The first-order chi connectivity index (χ1) is 8.04. The van der Waals surface area contributed by atoms with Crippen LogP contribution in [0.15, 0.2) is 18.2 Å². The lowest BCUT2D eigenvalue weighted by Gasteiger charge is -2.12. The Bertz CT molecular complexity index is 567. The van der Waals surface area contributed by atoms with Gasteiger partial charge in [-0.2, -0.15) is 0 Å². The molecular weight excluding hydrogens is 236 g/mol. The average Bonchev–Trinajstić information content (AvgIpc) is 2.28. The van der Waals surface area contributed by atoms with Gasteiger partial charge in [0.2, 0.25) is 0 Å². The van der Waals surface area contributed by atoms with Crippen molar-refractivity contribution in [2.75, 3.05) is 12.8 Å². The van der Waals surface area contributed by atoms with Gasteiger partial charge in [0.25, 0.3) is 0 Å². The molecule has 0 saturated carbocycles. The maximum Gasteiger partial charge on any atom is 0.145 e. The molecule has 0 saturated heterocycles. The van der Waals surface area contributed by atoms with Gasteiger partial charge in [-0.3, -0.25) is 0 Å². The number of pyridine rings is 1. The molecule has 17 heavy (non-hydrogen) atoms. The minimum absolute atomic E-state index is 0.314. The molecule has 0 unspecified atom stereocenters. The first kappa shape index (κ1) is 12.0. The maximum atomic E-state index is 6.18. The van der Waals surface area contributed by atoms with Crippen molar-refractivity contribution in [3.05, 3.63) is 28.8 Å². The quantitative estimate of drug-likeness (QED) is 0.886. The summed E-state index contributed by atoms with van der Waals surface area (Å²) in [6.07, 6.45) is 0. The SMILES string of the molecule is COc1ccc(Cl)c2cc(C(C)C)c(N)nc12. The number of hydrogen-bond acceptors (Lipinski definition) is 3. The number of ether oxygens (including phenoxy) is 1. The monoisotopic (exact) mass is 250 g/mol. The molecular formula is C13H15ClN2O. The smallest absolute Gasteiger partial charge is 0.145 e. The molecule has 0 bridgehead atoms. The lowest BCUT2D eigenvalue weighted by atomic mass is 10.0. The Kier molecular flexibility index (Phi) is 3.11. The summed E-state index contributed by atoms with van der Waals surface area (Å²) in [7, 11) is 1.61. The van der Waals surface area contributed by atoms with E-state index in [4.69, 9.17) is 22.1 Å². The van der Waals surface area contributed by atoms with E-state index in [1.54, 1.807) is 13.2 Å². The van der Waals surface area contributed by atoms with Gasteiger partial charge < -0.3 is 10.5 Å². The Morgan fingerprint density at radius 3 is 2.65 bits per heavy atom. The summed E-state index contributed by atoms with van der Waals surface area (Å²) < 4.78 is 5.26. The maximum absolute atomic E-state index is 6.18. The zero-order valence-corrected chi connectivity index (χ0v) is 10.9. The van der Waals surface area contributed by atoms with Gasteiger partial charge in [0.05, 0.1) is 12.1 Å². The van der Waals surface area contributed by atoms with Gasteiger partial charge in [-0.15, -0.1) is 0 Å². The van der Waals surface area contributed by atoms with Crippen LogP contribution in [0.1, 0.15) is 25.3 Å². The summed E-state index contributed by atoms with van der Waals surface area (Å²) in [5, 5.41) is 1.54. The zero-order valence-electron chi connectivity index (χ0n) is 10.1. The van der Waals surface area contributed by atoms with E-state index < -0.39 is 0 Å². The Balaban J connectivity index is 2.81. The van der Waals surface area contributed by atoms with E-state index in [1.165, 1.54) is 0 Å². The van der Waals surface area contributed by atoms with E-state index in [9.17, 15) is 0 Å². The number of hydrogen-bond donors (Lipinski definition) is 1. The number of nitrogens with zero attached hydrogens (tertiary/aromatic N) is 1. The van der Waals surface area contributed by atoms with Crippen molar-refractivity contribution in [1.29, 1.82) is 0 Å². The number of aromatic nitrogens is 1. The average molecular weight is 251 g/mol. The highest BCUT2D eigenvalue weighted by atomic mass is 35.5. The van der Waals surface area contributed by atoms with E-state index in [0.29, 0.717) is 28.0 Å². The third-order valence-electron chi connectivity index (χ3n) is 2.80. The van der Waals surface area contributed by atoms with Crippen molar-refractivity contribution in [2.45, 2.75) is 19.8 Å². The molecule has 2 aromatic rings.